The molecule has 0 aliphatic carbocycles. The van der Waals surface area contributed by atoms with Crippen LogP contribution in [0.5, 0.6) is 5.75 Å². The molecule has 2 amide bonds. The summed E-state index contributed by atoms with van der Waals surface area (Å²) in [5.74, 6) is -0.406. The average Bonchev–Trinajstić information content (AvgIpc) is 2.59. The number of nitrogens with one attached hydrogen (secondary N) is 1. The van der Waals surface area contributed by atoms with Gasteiger partial charge >= 0.3 is 6.61 Å². The first-order valence-corrected chi connectivity index (χ1v) is 7.61. The number of amides is 2. The predicted molar refractivity (Wildman–Crippen MR) is 86.6 cm³/mol. The lowest BCUT2D eigenvalue weighted by atomic mass is 10.1. The molecule has 25 heavy (non-hydrogen) atoms. The van der Waals surface area contributed by atoms with Crippen LogP contribution in [0.25, 0.3) is 0 Å². The van der Waals surface area contributed by atoms with Crippen molar-refractivity contribution in [1.82, 2.24) is 4.98 Å². The molecule has 130 valence electrons. The van der Waals surface area contributed by atoms with Crippen LogP contribution in [0.15, 0.2) is 42.7 Å². The van der Waals surface area contributed by atoms with Gasteiger partial charge in [-0.3, -0.25) is 14.6 Å². The maximum atomic E-state index is 12.5. The Bertz CT molecular complexity index is 781. The molecule has 0 saturated carbocycles. The van der Waals surface area contributed by atoms with Gasteiger partial charge in [-0.05, 0) is 30.2 Å². The van der Waals surface area contributed by atoms with Crippen molar-refractivity contribution in [3.8, 4) is 5.75 Å². The fourth-order valence-electron chi connectivity index (χ4n) is 2.58. The minimum atomic E-state index is -2.87. The van der Waals surface area contributed by atoms with Gasteiger partial charge in [0.15, 0.2) is 0 Å². The highest BCUT2D eigenvalue weighted by Gasteiger charge is 2.26. The van der Waals surface area contributed by atoms with Crippen molar-refractivity contribution in [1.29, 1.82) is 0 Å². The second kappa shape index (κ2) is 7.25. The van der Waals surface area contributed by atoms with Gasteiger partial charge in [-0.25, -0.2) is 0 Å². The van der Waals surface area contributed by atoms with Gasteiger partial charge < -0.3 is 15.0 Å². The lowest BCUT2D eigenvalue weighted by Crippen LogP contribution is -2.42. The van der Waals surface area contributed by atoms with Crippen molar-refractivity contribution < 1.29 is 23.1 Å². The van der Waals surface area contributed by atoms with E-state index in [1.54, 1.807) is 24.4 Å². The molecular formula is C17H15F2N3O3. The molecule has 0 spiro atoms. The molecule has 0 radical (unpaired) electrons. The SMILES string of the molecule is O=C1CN(C(=O)CCc2ccc(OC(F)F)cc2)c2ccncc2N1. The molecule has 0 fully saturated rings. The normalized spacial score (nSPS) is 13.4. The topological polar surface area (TPSA) is 71.5 Å². The van der Waals surface area contributed by atoms with Crippen LogP contribution in [-0.2, 0) is 16.0 Å². The van der Waals surface area contributed by atoms with Crippen LogP contribution in [0.4, 0.5) is 20.2 Å². The van der Waals surface area contributed by atoms with Gasteiger partial charge in [-0.2, -0.15) is 8.78 Å². The minimum Gasteiger partial charge on any atom is -0.435 e. The summed E-state index contributed by atoms with van der Waals surface area (Å²) >= 11 is 0. The molecule has 1 aromatic carbocycles. The van der Waals surface area contributed by atoms with Gasteiger partial charge in [-0.15, -0.1) is 0 Å². The number of carbonyl (C=O) groups excluding carboxylic acids is 2. The van der Waals surface area contributed by atoms with Gasteiger partial charge in [0.25, 0.3) is 0 Å². The Morgan fingerprint density at radius 1 is 1.28 bits per heavy atom. The molecule has 1 aliphatic heterocycles. The number of halogens is 2. The average molecular weight is 347 g/mol. The summed E-state index contributed by atoms with van der Waals surface area (Å²) < 4.78 is 28.5. The molecule has 0 atom stereocenters. The standard InChI is InChI=1S/C17H15F2N3O3/c18-17(19)25-12-4-1-11(2-5-12)3-6-16(24)22-10-15(23)21-13-9-20-8-7-14(13)22/h1-2,4-5,7-9,17H,3,6,10H2,(H,21,23). The van der Waals surface area contributed by atoms with Crippen LogP contribution in [0, 0.1) is 0 Å². The monoisotopic (exact) mass is 347 g/mol. The summed E-state index contributed by atoms with van der Waals surface area (Å²) in [5, 5.41) is 2.67. The number of aromatic nitrogens is 1. The molecule has 3 rings (SSSR count). The van der Waals surface area contributed by atoms with E-state index in [0.29, 0.717) is 17.8 Å². The van der Waals surface area contributed by atoms with Crippen LogP contribution in [0.1, 0.15) is 12.0 Å². The number of alkyl halides is 2. The maximum absolute atomic E-state index is 12.5. The number of rotatable bonds is 5. The van der Waals surface area contributed by atoms with E-state index in [9.17, 15) is 18.4 Å². The van der Waals surface area contributed by atoms with Crippen molar-refractivity contribution in [3.05, 3.63) is 48.3 Å². The Morgan fingerprint density at radius 2 is 2.04 bits per heavy atom. The van der Waals surface area contributed by atoms with E-state index in [2.05, 4.69) is 15.0 Å². The quantitative estimate of drug-likeness (QED) is 0.902. The summed E-state index contributed by atoms with van der Waals surface area (Å²) in [4.78, 5) is 29.6. The van der Waals surface area contributed by atoms with Crippen LogP contribution in [0.2, 0.25) is 0 Å². The van der Waals surface area contributed by atoms with Gasteiger partial charge in [0.05, 0.1) is 17.6 Å². The Balaban J connectivity index is 1.64. The van der Waals surface area contributed by atoms with Crippen molar-refractivity contribution in [2.45, 2.75) is 19.5 Å². The zero-order valence-corrected chi connectivity index (χ0v) is 13.1. The summed E-state index contributed by atoms with van der Waals surface area (Å²) in [7, 11) is 0. The van der Waals surface area contributed by atoms with Crippen molar-refractivity contribution in [2.75, 3.05) is 16.8 Å². The summed E-state index contributed by atoms with van der Waals surface area (Å²) in [6, 6.07) is 7.79. The molecule has 0 unspecified atom stereocenters. The highest BCUT2D eigenvalue weighted by atomic mass is 19.3. The number of hydrogen-bond donors (Lipinski definition) is 1. The molecule has 0 saturated heterocycles. The zero-order chi connectivity index (χ0) is 17.8. The molecule has 2 aromatic rings. The van der Waals surface area contributed by atoms with E-state index in [1.165, 1.54) is 23.2 Å². The van der Waals surface area contributed by atoms with Crippen LogP contribution >= 0.6 is 0 Å². The highest BCUT2D eigenvalue weighted by molar-refractivity contribution is 6.09. The first-order chi connectivity index (χ1) is 12.0. The van der Waals surface area contributed by atoms with Crippen LogP contribution < -0.4 is 15.0 Å². The predicted octanol–water partition coefficient (Wildman–Crippen LogP) is 2.60. The van der Waals surface area contributed by atoms with Crippen molar-refractivity contribution >= 4 is 23.2 Å². The maximum Gasteiger partial charge on any atom is 0.387 e. The minimum absolute atomic E-state index is 0.0446. The van der Waals surface area contributed by atoms with E-state index in [-0.39, 0.29) is 30.5 Å². The van der Waals surface area contributed by atoms with Crippen molar-refractivity contribution in [2.24, 2.45) is 0 Å². The van der Waals surface area contributed by atoms with Gasteiger partial charge in [0.2, 0.25) is 11.8 Å². The Kier molecular flexibility index (Phi) is 4.87. The molecule has 1 aliphatic rings. The third-order valence-electron chi connectivity index (χ3n) is 3.74. The Hall–Kier alpha value is -3.03. The largest absolute Gasteiger partial charge is 0.435 e. The first kappa shape index (κ1) is 16.8. The molecule has 1 N–H and O–H groups in total. The Labute approximate surface area is 142 Å². The lowest BCUT2D eigenvalue weighted by Gasteiger charge is -2.28. The second-order valence-electron chi connectivity index (χ2n) is 5.44. The summed E-state index contributed by atoms with van der Waals surface area (Å²) in [6.07, 6.45) is 3.66. The fraction of sp³-hybridized carbons (Fsp3) is 0.235. The Morgan fingerprint density at radius 3 is 2.76 bits per heavy atom. The van der Waals surface area contributed by atoms with E-state index >= 15 is 0 Å². The fourth-order valence-corrected chi connectivity index (χ4v) is 2.58. The van der Waals surface area contributed by atoms with Gasteiger partial charge in [0.1, 0.15) is 12.3 Å². The number of benzene rings is 1. The summed E-state index contributed by atoms with van der Waals surface area (Å²) in [6.45, 7) is -2.91. The molecule has 0 bridgehead atoms. The first-order valence-electron chi connectivity index (χ1n) is 7.61. The molecular weight excluding hydrogens is 332 g/mol. The smallest absolute Gasteiger partial charge is 0.387 e. The number of fused-ring (bicyclic) bond motifs is 1. The molecule has 8 heteroatoms. The number of hydrogen-bond acceptors (Lipinski definition) is 4. The number of pyridine rings is 1. The number of carbonyl (C=O) groups is 2. The van der Waals surface area contributed by atoms with E-state index in [4.69, 9.17) is 0 Å². The second-order valence-corrected chi connectivity index (χ2v) is 5.44. The number of aryl methyl sites for hydroxylation is 1. The molecule has 2 heterocycles. The van der Waals surface area contributed by atoms with Crippen LogP contribution in [-0.4, -0.2) is 30.0 Å². The number of nitrogens with zero attached hydrogens (tertiary/aromatic N) is 2. The van der Waals surface area contributed by atoms with Gasteiger partial charge in [-0.1, -0.05) is 12.1 Å². The molecule has 1 aromatic heterocycles. The highest BCUT2D eigenvalue weighted by Crippen LogP contribution is 2.28. The van der Waals surface area contributed by atoms with E-state index < -0.39 is 6.61 Å². The number of anilines is 2. The zero-order valence-electron chi connectivity index (χ0n) is 13.1. The third kappa shape index (κ3) is 4.09. The third-order valence-corrected chi connectivity index (χ3v) is 3.74. The van der Waals surface area contributed by atoms with E-state index in [0.717, 1.165) is 5.56 Å². The molecule has 6 nitrogen and oxygen atoms in total. The number of ether oxygens (including phenoxy) is 1. The van der Waals surface area contributed by atoms with Crippen molar-refractivity contribution in [3.63, 3.8) is 0 Å². The van der Waals surface area contributed by atoms with Crippen LogP contribution in [0.3, 0.4) is 0 Å². The van der Waals surface area contributed by atoms with Gasteiger partial charge in [0, 0.05) is 12.6 Å². The lowest BCUT2D eigenvalue weighted by molar-refractivity contribution is -0.121. The van der Waals surface area contributed by atoms with E-state index in [1.807, 2.05) is 0 Å². The summed E-state index contributed by atoms with van der Waals surface area (Å²) in [5.41, 5.74) is 1.92.